The van der Waals surface area contributed by atoms with E-state index in [0.29, 0.717) is 23.6 Å². The predicted octanol–water partition coefficient (Wildman–Crippen LogP) is 3.47. The summed E-state index contributed by atoms with van der Waals surface area (Å²) in [6.45, 7) is 4.28. The molecule has 0 radical (unpaired) electrons. The van der Waals surface area contributed by atoms with Gasteiger partial charge in [0.05, 0.1) is 0 Å². The van der Waals surface area contributed by atoms with Gasteiger partial charge < -0.3 is 5.73 Å². The minimum absolute atomic E-state index is 0.0880. The first-order valence-electron chi connectivity index (χ1n) is 6.99. The first kappa shape index (κ1) is 14.2. The molecule has 2 nitrogen and oxygen atoms in total. The van der Waals surface area contributed by atoms with E-state index >= 15 is 0 Å². The van der Waals surface area contributed by atoms with Gasteiger partial charge in [-0.3, -0.25) is 4.79 Å². The number of nitrogens with two attached hydrogens (primary N) is 1. The van der Waals surface area contributed by atoms with Crippen LogP contribution in [0.4, 0.5) is 4.39 Å². The summed E-state index contributed by atoms with van der Waals surface area (Å²) in [7, 11) is 0. The fraction of sp³-hybridized carbons (Fsp3) is 0.562. The summed E-state index contributed by atoms with van der Waals surface area (Å²) in [5, 5.41) is 0. The molecule has 1 aliphatic carbocycles. The summed E-state index contributed by atoms with van der Waals surface area (Å²) in [6.07, 6.45) is 3.78. The molecule has 3 heteroatoms. The molecule has 1 aromatic rings. The van der Waals surface area contributed by atoms with Crippen molar-refractivity contribution in [1.29, 1.82) is 0 Å². The first-order valence-corrected chi connectivity index (χ1v) is 6.99. The Bertz CT molecular complexity index is 476. The Morgan fingerprint density at radius 2 is 2.05 bits per heavy atom. The number of hydrogen-bond acceptors (Lipinski definition) is 2. The molecule has 0 saturated heterocycles. The number of benzene rings is 1. The number of aryl methyl sites for hydroxylation is 1. The number of hydrogen-bond donors (Lipinski definition) is 1. The lowest BCUT2D eigenvalue weighted by molar-refractivity contribution is 0.0695. The second kappa shape index (κ2) is 5.41. The third-order valence-electron chi connectivity index (χ3n) is 4.52. The van der Waals surface area contributed by atoms with E-state index in [1.807, 2.05) is 0 Å². The zero-order chi connectivity index (χ0) is 14.0. The first-order chi connectivity index (χ1) is 8.98. The molecule has 0 bridgehead atoms. The maximum absolute atomic E-state index is 13.3. The number of carbonyl (C=O) groups is 1. The number of Topliss-reactive ketones (excluding diaryl/α,β-unsaturated/α-hetero) is 1. The SMILES string of the molecule is Cc1cc(C(=O)C2(CN)CCC(C)CC2)ccc1F. The van der Waals surface area contributed by atoms with Crippen molar-refractivity contribution in [1.82, 2.24) is 0 Å². The monoisotopic (exact) mass is 263 g/mol. The fourth-order valence-corrected chi connectivity index (χ4v) is 2.93. The van der Waals surface area contributed by atoms with E-state index in [0.717, 1.165) is 25.7 Å². The van der Waals surface area contributed by atoms with Crippen LogP contribution in [0.3, 0.4) is 0 Å². The van der Waals surface area contributed by atoms with Crippen LogP contribution in [0, 0.1) is 24.1 Å². The summed E-state index contributed by atoms with van der Waals surface area (Å²) < 4.78 is 13.3. The lowest BCUT2D eigenvalue weighted by Gasteiger charge is -2.37. The third kappa shape index (κ3) is 2.71. The Balaban J connectivity index is 2.28. The highest BCUT2D eigenvalue weighted by Gasteiger charge is 2.40. The molecule has 0 amide bonds. The van der Waals surface area contributed by atoms with Gasteiger partial charge in [-0.2, -0.15) is 0 Å². The standard InChI is InChI=1S/C16H22FNO/c1-11-5-7-16(10-18,8-6-11)15(19)13-3-4-14(17)12(2)9-13/h3-4,9,11H,5-8,10,18H2,1-2H3. The maximum atomic E-state index is 13.3. The molecular weight excluding hydrogens is 241 g/mol. The molecule has 1 fully saturated rings. The van der Waals surface area contributed by atoms with Crippen molar-refractivity contribution in [3.05, 3.63) is 35.1 Å². The quantitative estimate of drug-likeness (QED) is 0.848. The van der Waals surface area contributed by atoms with Gasteiger partial charge in [-0.15, -0.1) is 0 Å². The summed E-state index contributed by atoms with van der Waals surface area (Å²) >= 11 is 0. The molecule has 1 saturated carbocycles. The topological polar surface area (TPSA) is 43.1 Å². The Kier molecular flexibility index (Phi) is 4.04. The smallest absolute Gasteiger partial charge is 0.170 e. The van der Waals surface area contributed by atoms with Crippen molar-refractivity contribution in [3.8, 4) is 0 Å². The average Bonchev–Trinajstić information content (AvgIpc) is 2.42. The van der Waals surface area contributed by atoms with Crippen LogP contribution < -0.4 is 5.73 Å². The van der Waals surface area contributed by atoms with E-state index in [1.54, 1.807) is 19.1 Å². The molecule has 0 aliphatic heterocycles. The van der Waals surface area contributed by atoms with E-state index in [9.17, 15) is 9.18 Å². The van der Waals surface area contributed by atoms with Gasteiger partial charge in [0.25, 0.3) is 0 Å². The number of halogens is 1. The fourth-order valence-electron chi connectivity index (χ4n) is 2.93. The average molecular weight is 263 g/mol. The molecule has 0 heterocycles. The maximum Gasteiger partial charge on any atom is 0.170 e. The van der Waals surface area contributed by atoms with Crippen molar-refractivity contribution in [2.24, 2.45) is 17.1 Å². The van der Waals surface area contributed by atoms with E-state index in [1.165, 1.54) is 6.07 Å². The zero-order valence-electron chi connectivity index (χ0n) is 11.7. The molecule has 1 aromatic carbocycles. The summed E-state index contributed by atoms with van der Waals surface area (Å²) in [6, 6.07) is 4.60. The van der Waals surface area contributed by atoms with Gasteiger partial charge in [0.1, 0.15) is 5.82 Å². The van der Waals surface area contributed by atoms with Crippen LogP contribution in [0.2, 0.25) is 0 Å². The van der Waals surface area contributed by atoms with Crippen molar-refractivity contribution < 1.29 is 9.18 Å². The highest BCUT2D eigenvalue weighted by atomic mass is 19.1. The molecular formula is C16H22FNO. The number of ketones is 1. The van der Waals surface area contributed by atoms with Crippen LogP contribution in [0.1, 0.15) is 48.5 Å². The Morgan fingerprint density at radius 1 is 1.42 bits per heavy atom. The predicted molar refractivity (Wildman–Crippen MR) is 74.6 cm³/mol. The molecule has 2 N–H and O–H groups in total. The van der Waals surface area contributed by atoms with Gasteiger partial charge in [-0.1, -0.05) is 6.92 Å². The van der Waals surface area contributed by atoms with Crippen molar-refractivity contribution >= 4 is 5.78 Å². The van der Waals surface area contributed by atoms with Crippen LogP contribution in [0.15, 0.2) is 18.2 Å². The molecule has 0 aromatic heterocycles. The Labute approximate surface area is 114 Å². The lowest BCUT2D eigenvalue weighted by atomic mass is 9.67. The van der Waals surface area contributed by atoms with Crippen LogP contribution in [-0.4, -0.2) is 12.3 Å². The normalized spacial score (nSPS) is 27.3. The van der Waals surface area contributed by atoms with Crippen LogP contribution >= 0.6 is 0 Å². The van der Waals surface area contributed by atoms with Gasteiger partial charge in [0.15, 0.2) is 5.78 Å². The van der Waals surface area contributed by atoms with E-state index in [2.05, 4.69) is 6.92 Å². The van der Waals surface area contributed by atoms with Gasteiger partial charge >= 0.3 is 0 Å². The largest absolute Gasteiger partial charge is 0.329 e. The Hall–Kier alpha value is -1.22. The second-order valence-corrected chi connectivity index (χ2v) is 5.96. The molecule has 2 rings (SSSR count). The van der Waals surface area contributed by atoms with Gasteiger partial charge in [-0.25, -0.2) is 4.39 Å². The zero-order valence-corrected chi connectivity index (χ0v) is 11.7. The van der Waals surface area contributed by atoms with Crippen molar-refractivity contribution in [3.63, 3.8) is 0 Å². The van der Waals surface area contributed by atoms with Crippen molar-refractivity contribution in [2.45, 2.75) is 39.5 Å². The van der Waals surface area contributed by atoms with E-state index in [4.69, 9.17) is 5.73 Å². The second-order valence-electron chi connectivity index (χ2n) is 5.96. The highest BCUT2D eigenvalue weighted by Crippen LogP contribution is 2.40. The number of carbonyl (C=O) groups excluding carboxylic acids is 1. The van der Waals surface area contributed by atoms with Crippen molar-refractivity contribution in [2.75, 3.05) is 6.54 Å². The number of rotatable bonds is 3. The van der Waals surface area contributed by atoms with Gasteiger partial charge in [-0.05, 0) is 62.3 Å². The minimum Gasteiger partial charge on any atom is -0.329 e. The van der Waals surface area contributed by atoms with Crippen LogP contribution in [-0.2, 0) is 0 Å². The van der Waals surface area contributed by atoms with E-state index < -0.39 is 5.41 Å². The molecule has 19 heavy (non-hydrogen) atoms. The third-order valence-corrected chi connectivity index (χ3v) is 4.52. The summed E-state index contributed by atoms with van der Waals surface area (Å²) in [4.78, 5) is 12.7. The molecule has 0 unspecified atom stereocenters. The van der Waals surface area contributed by atoms with Gasteiger partial charge in [0, 0.05) is 17.5 Å². The lowest BCUT2D eigenvalue weighted by Crippen LogP contribution is -2.41. The van der Waals surface area contributed by atoms with E-state index in [-0.39, 0.29) is 11.6 Å². The summed E-state index contributed by atoms with van der Waals surface area (Å²) in [5.74, 6) is 0.489. The Morgan fingerprint density at radius 3 is 2.58 bits per heavy atom. The van der Waals surface area contributed by atoms with Crippen LogP contribution in [0.25, 0.3) is 0 Å². The summed E-state index contributed by atoms with van der Waals surface area (Å²) in [5.41, 5.74) is 6.57. The van der Waals surface area contributed by atoms with Gasteiger partial charge in [0.2, 0.25) is 0 Å². The minimum atomic E-state index is -0.434. The molecule has 104 valence electrons. The molecule has 0 atom stereocenters. The molecule has 1 aliphatic rings. The molecule has 0 spiro atoms. The highest BCUT2D eigenvalue weighted by molar-refractivity contribution is 6.01. The van der Waals surface area contributed by atoms with Crippen LogP contribution in [0.5, 0.6) is 0 Å².